The van der Waals surface area contributed by atoms with Gasteiger partial charge in [0.15, 0.2) is 5.69 Å². The summed E-state index contributed by atoms with van der Waals surface area (Å²) in [5.41, 5.74) is 6.88. The van der Waals surface area contributed by atoms with Crippen LogP contribution in [0.4, 0.5) is 11.6 Å². The van der Waals surface area contributed by atoms with Gasteiger partial charge in [0.1, 0.15) is 5.75 Å². The van der Waals surface area contributed by atoms with Crippen LogP contribution >= 0.6 is 11.6 Å². The van der Waals surface area contributed by atoms with Crippen molar-refractivity contribution in [2.24, 2.45) is 0 Å². The molecule has 1 heterocycles. The lowest BCUT2D eigenvalue weighted by Crippen LogP contribution is -2.31. The predicted octanol–water partition coefficient (Wildman–Crippen LogP) is 3.46. The second-order valence-electron chi connectivity index (χ2n) is 5.94. The fraction of sp³-hybridized carbons (Fsp3) is 0.100. The summed E-state index contributed by atoms with van der Waals surface area (Å²) in [4.78, 5) is 33.0. The molecule has 0 saturated heterocycles. The minimum Gasteiger partial charge on any atom is -0.496 e. The highest BCUT2D eigenvalue weighted by Crippen LogP contribution is 2.19. The van der Waals surface area contributed by atoms with Gasteiger partial charge in [-0.2, -0.15) is 0 Å². The number of para-hydroxylation sites is 2. The number of benzene rings is 2. The Bertz CT molecular complexity index is 1060. The molecule has 0 saturated carbocycles. The third-order valence-electron chi connectivity index (χ3n) is 3.99. The van der Waals surface area contributed by atoms with Gasteiger partial charge in [0.05, 0.1) is 23.9 Å². The van der Waals surface area contributed by atoms with Gasteiger partial charge >= 0.3 is 0 Å². The number of hydrogen-bond acceptors (Lipinski definition) is 6. The Balaban J connectivity index is 1.73. The molecule has 1 aromatic heterocycles. The van der Waals surface area contributed by atoms with Crippen LogP contribution in [0.25, 0.3) is 0 Å². The van der Waals surface area contributed by atoms with Gasteiger partial charge in [-0.1, -0.05) is 41.9 Å². The lowest BCUT2D eigenvalue weighted by atomic mass is 10.2. The fourth-order valence-electron chi connectivity index (χ4n) is 2.49. The van der Waals surface area contributed by atoms with Crippen molar-refractivity contribution in [3.8, 4) is 5.75 Å². The summed E-state index contributed by atoms with van der Waals surface area (Å²) in [6, 6.07) is 14.1. The van der Waals surface area contributed by atoms with Crippen molar-refractivity contribution < 1.29 is 14.3 Å². The molecule has 0 bridgehead atoms. The largest absolute Gasteiger partial charge is 0.496 e. The molecule has 0 spiro atoms. The van der Waals surface area contributed by atoms with E-state index in [-0.39, 0.29) is 16.7 Å². The smallest absolute Gasteiger partial charge is 0.276 e. The summed E-state index contributed by atoms with van der Waals surface area (Å²) in [6.07, 6.45) is 1.28. The van der Waals surface area contributed by atoms with Crippen LogP contribution in [0.1, 0.15) is 26.4 Å². The summed E-state index contributed by atoms with van der Waals surface area (Å²) in [5, 5.41) is 2.84. The van der Waals surface area contributed by atoms with Gasteiger partial charge in [0.2, 0.25) is 5.95 Å². The number of amides is 2. The molecule has 0 fully saturated rings. The maximum absolute atomic E-state index is 12.6. The number of rotatable bonds is 6. The normalized spacial score (nSPS) is 10.2. The number of nitrogens with zero attached hydrogens (tertiary/aromatic N) is 2. The van der Waals surface area contributed by atoms with E-state index >= 15 is 0 Å². The quantitative estimate of drug-likeness (QED) is 0.536. The highest BCUT2D eigenvalue weighted by Gasteiger charge is 2.16. The van der Waals surface area contributed by atoms with Crippen molar-refractivity contribution in [1.82, 2.24) is 15.4 Å². The maximum Gasteiger partial charge on any atom is 0.276 e. The van der Waals surface area contributed by atoms with E-state index in [0.29, 0.717) is 17.0 Å². The fourth-order valence-corrected chi connectivity index (χ4v) is 2.67. The van der Waals surface area contributed by atoms with Gasteiger partial charge in [-0.15, -0.1) is 0 Å². The summed E-state index contributed by atoms with van der Waals surface area (Å²) < 4.78 is 5.16. The number of nitrogens with one attached hydrogen (secondary N) is 3. The van der Waals surface area contributed by atoms with Gasteiger partial charge in [-0.3, -0.25) is 20.4 Å². The molecular weight excluding hydrogens is 394 g/mol. The molecule has 2 amide bonds. The third-order valence-corrected chi connectivity index (χ3v) is 4.27. The average molecular weight is 412 g/mol. The van der Waals surface area contributed by atoms with Crippen LogP contribution in [0.5, 0.6) is 5.75 Å². The van der Waals surface area contributed by atoms with Crippen molar-refractivity contribution in [2.45, 2.75) is 6.92 Å². The van der Waals surface area contributed by atoms with Crippen LogP contribution in [-0.4, -0.2) is 28.9 Å². The van der Waals surface area contributed by atoms with E-state index in [2.05, 4.69) is 26.1 Å². The standard InChI is InChI=1S/C20H18ClN5O3/c1-12-7-3-5-9-15(12)23-19(28)17-14(21)11-22-20(24-17)26-25-18(27)13-8-4-6-10-16(13)29-2/h3-11H,1-2H3,(H,23,28)(H,25,27)(H,22,24,26). The van der Waals surface area contributed by atoms with Gasteiger partial charge in [-0.25, -0.2) is 9.97 Å². The number of halogens is 1. The molecule has 29 heavy (non-hydrogen) atoms. The Morgan fingerprint density at radius 1 is 1.03 bits per heavy atom. The number of carbonyl (C=O) groups excluding carboxylic acids is 2. The zero-order chi connectivity index (χ0) is 20.8. The lowest BCUT2D eigenvalue weighted by molar-refractivity contribution is 0.0958. The third kappa shape index (κ3) is 4.80. The Morgan fingerprint density at radius 3 is 2.52 bits per heavy atom. The number of hydrazine groups is 1. The number of aryl methyl sites for hydroxylation is 1. The Morgan fingerprint density at radius 2 is 1.76 bits per heavy atom. The molecule has 0 atom stereocenters. The molecular formula is C20H18ClN5O3. The zero-order valence-corrected chi connectivity index (χ0v) is 16.4. The molecule has 148 valence electrons. The highest BCUT2D eigenvalue weighted by molar-refractivity contribution is 6.34. The molecule has 3 N–H and O–H groups in total. The monoisotopic (exact) mass is 411 g/mol. The average Bonchev–Trinajstić information content (AvgIpc) is 2.74. The molecule has 0 aliphatic heterocycles. The van der Waals surface area contributed by atoms with Crippen LogP contribution < -0.4 is 20.9 Å². The van der Waals surface area contributed by atoms with Crippen LogP contribution in [0.3, 0.4) is 0 Å². The Hall–Kier alpha value is -3.65. The molecule has 0 aliphatic carbocycles. The molecule has 0 radical (unpaired) electrons. The Labute approximate surface area is 172 Å². The summed E-state index contributed by atoms with van der Waals surface area (Å²) in [7, 11) is 1.47. The van der Waals surface area contributed by atoms with Crippen molar-refractivity contribution in [1.29, 1.82) is 0 Å². The first-order valence-corrected chi connectivity index (χ1v) is 8.96. The lowest BCUT2D eigenvalue weighted by Gasteiger charge is -2.12. The first kappa shape index (κ1) is 20.1. The predicted molar refractivity (Wildman–Crippen MR) is 110 cm³/mol. The number of ether oxygens (including phenoxy) is 1. The van der Waals surface area contributed by atoms with Crippen molar-refractivity contribution in [3.05, 3.63) is 76.6 Å². The van der Waals surface area contributed by atoms with Gasteiger partial charge < -0.3 is 10.1 Å². The SMILES string of the molecule is COc1ccccc1C(=O)NNc1ncc(Cl)c(C(=O)Nc2ccccc2C)n1. The number of carbonyl (C=O) groups is 2. The van der Waals surface area contributed by atoms with E-state index in [9.17, 15) is 9.59 Å². The van der Waals surface area contributed by atoms with E-state index in [1.807, 2.05) is 25.1 Å². The van der Waals surface area contributed by atoms with Crippen LogP contribution in [0.15, 0.2) is 54.7 Å². The van der Waals surface area contributed by atoms with Crippen LogP contribution in [-0.2, 0) is 0 Å². The zero-order valence-electron chi connectivity index (χ0n) is 15.7. The second-order valence-corrected chi connectivity index (χ2v) is 6.35. The molecule has 3 rings (SSSR count). The first-order chi connectivity index (χ1) is 14.0. The number of hydrogen-bond donors (Lipinski definition) is 3. The maximum atomic E-state index is 12.6. The van der Waals surface area contributed by atoms with Crippen molar-refractivity contribution in [3.63, 3.8) is 0 Å². The minimum absolute atomic E-state index is 0.00702. The van der Waals surface area contributed by atoms with Crippen LogP contribution in [0, 0.1) is 6.92 Å². The molecule has 3 aromatic rings. The van der Waals surface area contributed by atoms with E-state index < -0.39 is 11.8 Å². The Kier molecular flexibility index (Phi) is 6.25. The summed E-state index contributed by atoms with van der Waals surface area (Å²) >= 11 is 6.08. The van der Waals surface area contributed by atoms with Crippen LogP contribution in [0.2, 0.25) is 5.02 Å². The summed E-state index contributed by atoms with van der Waals surface area (Å²) in [6.45, 7) is 1.87. The van der Waals surface area contributed by atoms with E-state index in [1.54, 1.807) is 30.3 Å². The van der Waals surface area contributed by atoms with Gasteiger partial charge in [0.25, 0.3) is 11.8 Å². The van der Waals surface area contributed by atoms with Gasteiger partial charge in [-0.05, 0) is 30.7 Å². The van der Waals surface area contributed by atoms with Gasteiger partial charge in [0, 0.05) is 5.69 Å². The number of methoxy groups -OCH3 is 1. The molecule has 2 aromatic carbocycles. The van der Waals surface area contributed by atoms with Crippen molar-refractivity contribution >= 4 is 35.1 Å². The molecule has 0 aliphatic rings. The first-order valence-electron chi connectivity index (χ1n) is 8.58. The second kappa shape index (κ2) is 9.03. The number of anilines is 2. The van der Waals surface area contributed by atoms with E-state index in [0.717, 1.165) is 5.56 Å². The molecule has 0 unspecified atom stereocenters. The molecule has 8 nitrogen and oxygen atoms in total. The van der Waals surface area contributed by atoms with E-state index in [4.69, 9.17) is 16.3 Å². The minimum atomic E-state index is -0.495. The molecule has 9 heteroatoms. The summed E-state index contributed by atoms with van der Waals surface area (Å²) in [5.74, 6) is -0.521. The van der Waals surface area contributed by atoms with E-state index in [1.165, 1.54) is 13.3 Å². The topological polar surface area (TPSA) is 105 Å². The number of aromatic nitrogens is 2. The van der Waals surface area contributed by atoms with Crippen molar-refractivity contribution in [2.75, 3.05) is 17.9 Å². The highest BCUT2D eigenvalue weighted by atomic mass is 35.5.